The van der Waals surface area contributed by atoms with Gasteiger partial charge in [-0.05, 0) is 46.9 Å². The number of H-pyrrole nitrogens is 1. The molecule has 1 heterocycles. The quantitative estimate of drug-likeness (QED) is 0.422. The molecule has 1 atom stereocenters. The summed E-state index contributed by atoms with van der Waals surface area (Å²) in [4.78, 5) is 3.62. The lowest BCUT2D eigenvalue weighted by molar-refractivity contribution is 0.946. The number of fused-ring (bicyclic) bond motifs is 6. The summed E-state index contributed by atoms with van der Waals surface area (Å²) >= 11 is 0. The number of hydrogen-bond acceptors (Lipinski definition) is 0. The predicted molar refractivity (Wildman–Crippen MR) is 93.5 cm³/mol. The first-order valence-electron chi connectivity index (χ1n) is 7.89. The number of rotatable bonds is 0. The van der Waals surface area contributed by atoms with E-state index < -0.39 is 0 Å². The summed E-state index contributed by atoms with van der Waals surface area (Å²) in [6.45, 7) is 4.59. The molecule has 0 saturated carbocycles. The topological polar surface area (TPSA) is 15.8 Å². The van der Waals surface area contributed by atoms with Crippen LogP contribution in [0.3, 0.4) is 0 Å². The largest absolute Gasteiger partial charge is 0.354 e. The highest BCUT2D eigenvalue weighted by molar-refractivity contribution is 6.10. The van der Waals surface area contributed by atoms with Crippen molar-refractivity contribution in [3.63, 3.8) is 0 Å². The Morgan fingerprint density at radius 2 is 1.64 bits per heavy atom. The molecule has 0 aliphatic heterocycles. The Kier molecular flexibility index (Phi) is 2.20. The van der Waals surface area contributed by atoms with Gasteiger partial charge in [-0.25, -0.2) is 0 Å². The Bertz CT molecular complexity index is 1050. The molecular weight excluding hydrogens is 266 g/mol. The molecule has 0 fully saturated rings. The van der Waals surface area contributed by atoms with Crippen LogP contribution in [0.2, 0.25) is 0 Å². The third-order valence-corrected chi connectivity index (χ3v) is 5.25. The smallest absolute Gasteiger partial charge is 0.0498 e. The van der Waals surface area contributed by atoms with Gasteiger partial charge < -0.3 is 4.98 Å². The summed E-state index contributed by atoms with van der Waals surface area (Å²) in [5, 5.41) is 2.66. The first-order chi connectivity index (χ1) is 10.8. The van der Waals surface area contributed by atoms with E-state index in [1.54, 1.807) is 0 Å². The molecule has 1 heteroatoms. The van der Waals surface area contributed by atoms with Crippen molar-refractivity contribution in [1.29, 1.82) is 0 Å². The molecule has 1 nitrogen and oxygen atoms in total. The zero-order valence-corrected chi connectivity index (χ0v) is 12.8. The van der Waals surface area contributed by atoms with Gasteiger partial charge in [-0.1, -0.05) is 49.4 Å². The average molecular weight is 283 g/mol. The second-order valence-electron chi connectivity index (χ2n) is 6.36. The molecule has 1 aliphatic rings. The Balaban J connectivity index is 1.98. The van der Waals surface area contributed by atoms with Crippen molar-refractivity contribution in [3.05, 3.63) is 71.3 Å². The van der Waals surface area contributed by atoms with Gasteiger partial charge in [0.15, 0.2) is 0 Å². The van der Waals surface area contributed by atoms with Crippen molar-refractivity contribution in [2.45, 2.75) is 19.8 Å². The number of para-hydroxylation sites is 1. The molecule has 1 unspecified atom stereocenters. The minimum atomic E-state index is 0.474. The lowest BCUT2D eigenvalue weighted by Gasteiger charge is -2.11. The maximum Gasteiger partial charge on any atom is 0.0498 e. The van der Waals surface area contributed by atoms with Gasteiger partial charge in [0.2, 0.25) is 0 Å². The summed E-state index contributed by atoms with van der Waals surface area (Å²) in [7, 11) is 0. The molecule has 0 spiro atoms. The SMILES string of the molecule is Cc1c2c(cc3c1[nH]c1ccccc13)-c1ccccc1C2C. The number of nitrogens with one attached hydrogen (secondary N) is 1. The van der Waals surface area contributed by atoms with E-state index in [4.69, 9.17) is 0 Å². The molecule has 0 saturated heterocycles. The average Bonchev–Trinajstić information content (AvgIpc) is 3.06. The Labute approximate surface area is 129 Å². The Hall–Kier alpha value is -2.54. The molecule has 0 bridgehead atoms. The van der Waals surface area contributed by atoms with Crippen LogP contribution in [0.1, 0.15) is 29.5 Å². The minimum absolute atomic E-state index is 0.474. The van der Waals surface area contributed by atoms with E-state index >= 15 is 0 Å². The fraction of sp³-hybridized carbons (Fsp3) is 0.143. The van der Waals surface area contributed by atoms with Crippen LogP contribution in [0.5, 0.6) is 0 Å². The highest BCUT2D eigenvalue weighted by Gasteiger charge is 2.28. The second-order valence-corrected chi connectivity index (χ2v) is 6.36. The summed E-state index contributed by atoms with van der Waals surface area (Å²) in [6, 6.07) is 19.8. The maximum absolute atomic E-state index is 3.62. The molecular formula is C21H17N. The van der Waals surface area contributed by atoms with E-state index in [1.165, 1.54) is 49.6 Å². The number of hydrogen-bond donors (Lipinski definition) is 1. The van der Waals surface area contributed by atoms with Gasteiger partial charge in [-0.3, -0.25) is 0 Å². The van der Waals surface area contributed by atoms with Crippen LogP contribution in [0.25, 0.3) is 32.9 Å². The van der Waals surface area contributed by atoms with Crippen molar-refractivity contribution in [1.82, 2.24) is 4.98 Å². The van der Waals surface area contributed by atoms with E-state index in [1.807, 2.05) is 0 Å². The van der Waals surface area contributed by atoms with Gasteiger partial charge in [0.25, 0.3) is 0 Å². The van der Waals surface area contributed by atoms with Crippen molar-refractivity contribution >= 4 is 21.8 Å². The van der Waals surface area contributed by atoms with Crippen LogP contribution in [0.4, 0.5) is 0 Å². The highest BCUT2D eigenvalue weighted by atomic mass is 14.7. The molecule has 3 aromatic carbocycles. The third-order valence-electron chi connectivity index (χ3n) is 5.25. The van der Waals surface area contributed by atoms with Gasteiger partial charge >= 0.3 is 0 Å². The predicted octanol–water partition coefficient (Wildman–Crippen LogP) is 5.76. The second kappa shape index (κ2) is 4.01. The molecule has 5 rings (SSSR count). The van der Waals surface area contributed by atoms with Crippen molar-refractivity contribution in [2.24, 2.45) is 0 Å². The summed E-state index contributed by atoms with van der Waals surface area (Å²) in [5.74, 6) is 0.474. The summed E-state index contributed by atoms with van der Waals surface area (Å²) < 4.78 is 0. The van der Waals surface area contributed by atoms with Gasteiger partial charge in [-0.15, -0.1) is 0 Å². The fourth-order valence-corrected chi connectivity index (χ4v) is 4.22. The fourth-order valence-electron chi connectivity index (χ4n) is 4.22. The number of aryl methyl sites for hydroxylation is 1. The van der Waals surface area contributed by atoms with Crippen LogP contribution in [-0.2, 0) is 0 Å². The molecule has 1 N–H and O–H groups in total. The van der Waals surface area contributed by atoms with Crippen LogP contribution >= 0.6 is 0 Å². The maximum atomic E-state index is 3.62. The van der Waals surface area contributed by atoms with E-state index in [-0.39, 0.29) is 0 Å². The molecule has 106 valence electrons. The van der Waals surface area contributed by atoms with E-state index in [0.717, 1.165) is 0 Å². The van der Waals surface area contributed by atoms with Gasteiger partial charge in [-0.2, -0.15) is 0 Å². The molecule has 1 aromatic heterocycles. The molecule has 0 amide bonds. The van der Waals surface area contributed by atoms with Crippen molar-refractivity contribution in [3.8, 4) is 11.1 Å². The van der Waals surface area contributed by atoms with Crippen LogP contribution in [0.15, 0.2) is 54.6 Å². The monoisotopic (exact) mass is 283 g/mol. The van der Waals surface area contributed by atoms with Crippen LogP contribution in [-0.4, -0.2) is 4.98 Å². The molecule has 4 aromatic rings. The molecule has 1 aliphatic carbocycles. The zero-order chi connectivity index (χ0) is 14.8. The number of aromatic amines is 1. The van der Waals surface area contributed by atoms with Gasteiger partial charge in [0.05, 0.1) is 0 Å². The van der Waals surface area contributed by atoms with E-state index in [0.29, 0.717) is 5.92 Å². The first kappa shape index (κ1) is 12.0. The third kappa shape index (κ3) is 1.34. The van der Waals surface area contributed by atoms with Gasteiger partial charge in [0, 0.05) is 27.7 Å². The van der Waals surface area contributed by atoms with Crippen LogP contribution in [0, 0.1) is 6.92 Å². The van der Waals surface area contributed by atoms with Crippen molar-refractivity contribution in [2.75, 3.05) is 0 Å². The number of benzene rings is 3. The summed E-state index contributed by atoms with van der Waals surface area (Å²) in [5.41, 5.74) is 9.67. The number of aromatic nitrogens is 1. The zero-order valence-electron chi connectivity index (χ0n) is 12.8. The van der Waals surface area contributed by atoms with E-state index in [2.05, 4.69) is 73.4 Å². The normalized spacial score (nSPS) is 16.2. The lowest BCUT2D eigenvalue weighted by Crippen LogP contribution is -1.94. The Morgan fingerprint density at radius 3 is 2.55 bits per heavy atom. The highest BCUT2D eigenvalue weighted by Crippen LogP contribution is 2.48. The lowest BCUT2D eigenvalue weighted by atomic mass is 9.93. The molecule has 0 radical (unpaired) electrons. The Morgan fingerprint density at radius 1 is 0.864 bits per heavy atom. The standard InChI is InChI=1S/C21H17N/c1-12-14-7-3-4-8-15(14)17-11-18-16-9-5-6-10-19(16)22-21(18)13(2)20(12)17/h3-12,22H,1-2H3. The van der Waals surface area contributed by atoms with Gasteiger partial charge in [0.1, 0.15) is 0 Å². The van der Waals surface area contributed by atoms with Crippen molar-refractivity contribution < 1.29 is 0 Å². The first-order valence-corrected chi connectivity index (χ1v) is 7.89. The van der Waals surface area contributed by atoms with Crippen LogP contribution < -0.4 is 0 Å². The van der Waals surface area contributed by atoms with E-state index in [9.17, 15) is 0 Å². The molecule has 22 heavy (non-hydrogen) atoms. The summed E-state index contributed by atoms with van der Waals surface area (Å²) in [6.07, 6.45) is 0. The minimum Gasteiger partial charge on any atom is -0.354 e.